The minimum atomic E-state index is 0.579. The quantitative estimate of drug-likeness (QED) is 0.164. The fourth-order valence-corrected chi connectivity index (χ4v) is 8.14. The number of hydrogen-bond acceptors (Lipinski definition) is 6. The van der Waals surface area contributed by atoms with Crippen LogP contribution < -0.4 is 0 Å². The fourth-order valence-electron chi connectivity index (χ4n) is 6.98. The van der Waals surface area contributed by atoms with Crippen LogP contribution in [-0.4, -0.2) is 24.9 Å². The van der Waals surface area contributed by atoms with Crippen LogP contribution in [-0.2, 0) is 0 Å². The summed E-state index contributed by atoms with van der Waals surface area (Å²) in [4.78, 5) is 25.6. The largest absolute Gasteiger partial charge is 0.226 e. The second-order valence-electron chi connectivity index (χ2n) is 13.3. The first-order chi connectivity index (χ1) is 27.2. The van der Waals surface area contributed by atoms with Crippen molar-refractivity contribution >= 4 is 31.6 Å². The average molecular weight is 722 g/mol. The molecule has 10 rings (SSSR count). The lowest BCUT2D eigenvalue weighted by Gasteiger charge is -2.11. The van der Waals surface area contributed by atoms with Gasteiger partial charge in [-0.2, -0.15) is 0 Å². The van der Waals surface area contributed by atoms with Crippen molar-refractivity contribution in [3.8, 4) is 79.1 Å². The van der Waals surface area contributed by atoms with Gasteiger partial charge in [0.1, 0.15) is 0 Å². The molecule has 0 amide bonds. The van der Waals surface area contributed by atoms with Gasteiger partial charge >= 0.3 is 0 Å². The van der Waals surface area contributed by atoms with Gasteiger partial charge in [-0.1, -0.05) is 170 Å². The number of aromatic nitrogens is 5. The summed E-state index contributed by atoms with van der Waals surface area (Å²) in [6.07, 6.45) is 0. The monoisotopic (exact) mass is 721 g/mol. The van der Waals surface area contributed by atoms with Crippen LogP contribution in [0.3, 0.4) is 0 Å². The zero-order chi connectivity index (χ0) is 36.6. The molecule has 0 atom stereocenters. The highest BCUT2D eigenvalue weighted by molar-refractivity contribution is 7.26. The molecule has 0 N–H and O–H groups in total. The van der Waals surface area contributed by atoms with Crippen molar-refractivity contribution in [3.05, 3.63) is 188 Å². The average Bonchev–Trinajstić information content (AvgIpc) is 3.66. The van der Waals surface area contributed by atoms with Gasteiger partial charge in [-0.05, 0) is 40.5 Å². The van der Waals surface area contributed by atoms with Gasteiger partial charge in [0.05, 0.1) is 15.9 Å². The van der Waals surface area contributed by atoms with Crippen LogP contribution >= 0.6 is 11.3 Å². The first kappa shape index (κ1) is 32.5. The van der Waals surface area contributed by atoms with E-state index in [-0.39, 0.29) is 0 Å². The predicted octanol–water partition coefficient (Wildman–Crippen LogP) is 12.7. The second kappa shape index (κ2) is 14.0. The molecule has 0 radical (unpaired) electrons. The molecule has 5 nitrogen and oxygen atoms in total. The molecule has 258 valence electrons. The van der Waals surface area contributed by atoms with Crippen LogP contribution in [0.4, 0.5) is 0 Å². The maximum Gasteiger partial charge on any atom is 0.164 e. The first-order valence-electron chi connectivity index (χ1n) is 18.2. The van der Waals surface area contributed by atoms with Gasteiger partial charge in [-0.3, -0.25) is 0 Å². The fraction of sp³-hybridized carbons (Fsp3) is 0. The lowest BCUT2D eigenvalue weighted by atomic mass is 10.0. The smallest absolute Gasteiger partial charge is 0.164 e. The molecule has 0 fully saturated rings. The van der Waals surface area contributed by atoms with E-state index in [1.807, 2.05) is 54.6 Å². The van der Waals surface area contributed by atoms with Crippen LogP contribution in [0.2, 0.25) is 0 Å². The standard InChI is InChI=1S/C49H31N5S/c1-4-14-32(15-5-1)34-26-28-36(29-27-34)47-52-46(35-18-8-3-9-19-35)53-49(54-47)40-23-13-22-39(31-40)48-50-43(45-44(51-48)41-24-10-11-25-42(41)55-45)38-21-12-20-37(30-38)33-16-6-2-7-17-33/h1-31H. The van der Waals surface area contributed by atoms with Crippen LogP contribution in [0.25, 0.3) is 99.4 Å². The number of nitrogens with zero attached hydrogens (tertiary/aromatic N) is 5. The van der Waals surface area contributed by atoms with E-state index in [0.717, 1.165) is 71.4 Å². The highest BCUT2D eigenvalue weighted by Crippen LogP contribution is 2.40. The zero-order valence-electron chi connectivity index (χ0n) is 29.5. The van der Waals surface area contributed by atoms with Crippen molar-refractivity contribution in [2.75, 3.05) is 0 Å². The van der Waals surface area contributed by atoms with E-state index < -0.39 is 0 Å². The number of fused-ring (bicyclic) bond motifs is 3. The molecule has 0 aliphatic rings. The summed E-state index contributed by atoms with van der Waals surface area (Å²) in [6, 6.07) is 64.6. The Bertz CT molecular complexity index is 2960. The van der Waals surface area contributed by atoms with Gasteiger partial charge in [0.25, 0.3) is 0 Å². The maximum atomic E-state index is 5.32. The summed E-state index contributed by atoms with van der Waals surface area (Å²) < 4.78 is 2.25. The number of hydrogen-bond donors (Lipinski definition) is 0. The molecule has 0 aliphatic carbocycles. The Morgan fingerprint density at radius 3 is 1.36 bits per heavy atom. The van der Waals surface area contributed by atoms with Crippen molar-refractivity contribution in [3.63, 3.8) is 0 Å². The van der Waals surface area contributed by atoms with Gasteiger partial charge in [-0.25, -0.2) is 24.9 Å². The molecule has 6 heteroatoms. The third-order valence-corrected chi connectivity index (χ3v) is 10.9. The van der Waals surface area contributed by atoms with Gasteiger partial charge in [0, 0.05) is 37.9 Å². The third kappa shape index (κ3) is 6.35. The minimum absolute atomic E-state index is 0.579. The second-order valence-corrected chi connectivity index (χ2v) is 14.4. The maximum absolute atomic E-state index is 5.32. The van der Waals surface area contributed by atoms with Gasteiger partial charge in [-0.15, -0.1) is 11.3 Å². The van der Waals surface area contributed by atoms with E-state index in [1.54, 1.807) is 11.3 Å². The van der Waals surface area contributed by atoms with Gasteiger partial charge < -0.3 is 0 Å². The normalized spacial score (nSPS) is 11.3. The van der Waals surface area contributed by atoms with Crippen molar-refractivity contribution in [2.45, 2.75) is 0 Å². The molecule has 3 heterocycles. The number of benzene rings is 7. The summed E-state index contributed by atoms with van der Waals surface area (Å²) in [6.45, 7) is 0. The predicted molar refractivity (Wildman–Crippen MR) is 226 cm³/mol. The van der Waals surface area contributed by atoms with Crippen LogP contribution in [0, 0.1) is 0 Å². The molecular weight excluding hydrogens is 691 g/mol. The molecule has 7 aromatic carbocycles. The Labute approximate surface area is 322 Å². The van der Waals surface area contributed by atoms with Crippen LogP contribution in [0.15, 0.2) is 188 Å². The Hall–Kier alpha value is -7.15. The van der Waals surface area contributed by atoms with E-state index in [9.17, 15) is 0 Å². The Kier molecular flexibility index (Phi) is 8.28. The topological polar surface area (TPSA) is 64.5 Å². The Morgan fingerprint density at radius 2 is 0.709 bits per heavy atom. The number of thiophene rings is 1. The molecule has 0 spiro atoms. The molecule has 0 unspecified atom stereocenters. The van der Waals surface area contributed by atoms with Crippen LogP contribution in [0.1, 0.15) is 0 Å². The lowest BCUT2D eigenvalue weighted by molar-refractivity contribution is 1.07. The molecule has 0 saturated carbocycles. The molecule has 0 aliphatic heterocycles. The van der Waals surface area contributed by atoms with E-state index in [0.29, 0.717) is 23.3 Å². The summed E-state index contributed by atoms with van der Waals surface area (Å²) in [5.74, 6) is 2.45. The molecular formula is C49H31N5S. The van der Waals surface area contributed by atoms with Gasteiger partial charge in [0.2, 0.25) is 0 Å². The lowest BCUT2D eigenvalue weighted by Crippen LogP contribution is -2.00. The zero-order valence-corrected chi connectivity index (χ0v) is 30.4. The third-order valence-electron chi connectivity index (χ3n) is 9.76. The molecule has 0 bridgehead atoms. The summed E-state index contributed by atoms with van der Waals surface area (Å²) in [5, 5.41) is 1.12. The SMILES string of the molecule is c1ccc(-c2ccc(-c3nc(-c4ccccc4)nc(-c4cccc(-c5nc(-c6cccc(-c7ccccc7)c6)c6sc7ccccc7c6n5)c4)n3)cc2)cc1. The first-order valence-corrected chi connectivity index (χ1v) is 19.0. The Morgan fingerprint density at radius 1 is 0.291 bits per heavy atom. The molecule has 55 heavy (non-hydrogen) atoms. The summed E-state index contributed by atoms with van der Waals surface area (Å²) >= 11 is 1.74. The Balaban J connectivity index is 1.11. The minimum Gasteiger partial charge on any atom is -0.226 e. The van der Waals surface area contributed by atoms with E-state index in [1.165, 1.54) is 4.70 Å². The molecule has 0 saturated heterocycles. The summed E-state index contributed by atoms with van der Waals surface area (Å²) in [5.41, 5.74) is 11.1. The van der Waals surface area contributed by atoms with Crippen molar-refractivity contribution in [1.82, 2.24) is 24.9 Å². The van der Waals surface area contributed by atoms with E-state index in [2.05, 4.69) is 133 Å². The van der Waals surface area contributed by atoms with Crippen molar-refractivity contribution in [1.29, 1.82) is 0 Å². The highest BCUT2D eigenvalue weighted by Gasteiger charge is 2.19. The molecule has 3 aromatic heterocycles. The van der Waals surface area contributed by atoms with Gasteiger partial charge in [0.15, 0.2) is 23.3 Å². The summed E-state index contributed by atoms with van der Waals surface area (Å²) in [7, 11) is 0. The van der Waals surface area contributed by atoms with E-state index in [4.69, 9.17) is 24.9 Å². The van der Waals surface area contributed by atoms with Crippen molar-refractivity contribution in [2.24, 2.45) is 0 Å². The van der Waals surface area contributed by atoms with Crippen molar-refractivity contribution < 1.29 is 0 Å². The van der Waals surface area contributed by atoms with Crippen LogP contribution in [0.5, 0.6) is 0 Å². The molecule has 10 aromatic rings. The van der Waals surface area contributed by atoms with E-state index >= 15 is 0 Å². The highest BCUT2D eigenvalue weighted by atomic mass is 32.1. The number of rotatable bonds is 7.